The van der Waals surface area contributed by atoms with Crippen LogP contribution in [-0.4, -0.2) is 33.7 Å². The summed E-state index contributed by atoms with van der Waals surface area (Å²) < 4.78 is 5.49. The quantitative estimate of drug-likeness (QED) is 0.785. The first-order valence-corrected chi connectivity index (χ1v) is 6.06. The summed E-state index contributed by atoms with van der Waals surface area (Å²) in [7, 11) is 0. The molecule has 2 heterocycles. The highest BCUT2D eigenvalue weighted by Crippen LogP contribution is 2.16. The maximum atomic E-state index is 5.49. The van der Waals surface area contributed by atoms with Crippen molar-refractivity contribution in [2.24, 2.45) is 5.73 Å². The van der Waals surface area contributed by atoms with Gasteiger partial charge in [-0.1, -0.05) is 12.2 Å². The van der Waals surface area contributed by atoms with Crippen molar-refractivity contribution in [3.63, 3.8) is 0 Å². The lowest BCUT2D eigenvalue weighted by molar-refractivity contribution is 0.0232. The summed E-state index contributed by atoms with van der Waals surface area (Å²) in [6.45, 7) is 2.87. The molecule has 1 aliphatic rings. The summed E-state index contributed by atoms with van der Waals surface area (Å²) in [6, 6.07) is 0.392. The van der Waals surface area contributed by atoms with Crippen molar-refractivity contribution >= 4 is 23.0 Å². The minimum Gasteiger partial charge on any atom is -0.388 e. The molecule has 2 rings (SSSR count). The predicted octanol–water partition coefficient (Wildman–Crippen LogP) is 1.09. The maximum Gasteiger partial charge on any atom is 0.144 e. The van der Waals surface area contributed by atoms with E-state index in [4.69, 9.17) is 22.7 Å². The van der Waals surface area contributed by atoms with Crippen LogP contribution in [0, 0.1) is 0 Å². The van der Waals surface area contributed by atoms with E-state index in [0.29, 0.717) is 17.8 Å². The second-order valence-corrected chi connectivity index (χ2v) is 4.64. The van der Waals surface area contributed by atoms with Crippen LogP contribution < -0.4 is 11.1 Å². The Labute approximate surface area is 106 Å². The van der Waals surface area contributed by atoms with Gasteiger partial charge in [0.05, 0.1) is 18.5 Å². The molecule has 2 atom stereocenters. The number of nitrogens with zero attached hydrogens (tertiary/aromatic N) is 2. The smallest absolute Gasteiger partial charge is 0.144 e. The van der Waals surface area contributed by atoms with Crippen LogP contribution in [0.2, 0.25) is 0 Å². The van der Waals surface area contributed by atoms with E-state index in [1.807, 2.05) is 0 Å². The Morgan fingerprint density at radius 1 is 1.53 bits per heavy atom. The highest BCUT2D eigenvalue weighted by atomic mass is 32.1. The molecule has 1 fully saturated rings. The third kappa shape index (κ3) is 3.34. The molecule has 1 aromatic rings. The zero-order chi connectivity index (χ0) is 12.3. The van der Waals surface area contributed by atoms with Crippen molar-refractivity contribution < 1.29 is 4.74 Å². The monoisotopic (exact) mass is 252 g/mol. The number of nitrogens with one attached hydrogen (secondary N) is 1. The van der Waals surface area contributed by atoms with E-state index in [-0.39, 0.29) is 4.99 Å². The van der Waals surface area contributed by atoms with Crippen LogP contribution in [0.4, 0.5) is 5.82 Å². The van der Waals surface area contributed by atoms with Crippen LogP contribution in [-0.2, 0) is 4.74 Å². The number of rotatable bonds is 3. The third-order valence-electron chi connectivity index (χ3n) is 2.74. The Balaban J connectivity index is 1.96. The summed E-state index contributed by atoms with van der Waals surface area (Å²) in [5.74, 6) is 0.754. The average molecular weight is 252 g/mol. The van der Waals surface area contributed by atoms with Crippen molar-refractivity contribution in [3.05, 3.63) is 18.1 Å². The van der Waals surface area contributed by atoms with Crippen LogP contribution in [0.5, 0.6) is 0 Å². The fourth-order valence-corrected chi connectivity index (χ4v) is 1.97. The Bertz CT molecular complexity index is 395. The van der Waals surface area contributed by atoms with E-state index in [9.17, 15) is 0 Å². The van der Waals surface area contributed by atoms with Gasteiger partial charge in [-0.2, -0.15) is 0 Å². The molecule has 0 bridgehead atoms. The van der Waals surface area contributed by atoms with Crippen LogP contribution in [0.1, 0.15) is 25.5 Å². The van der Waals surface area contributed by atoms with Crippen molar-refractivity contribution in [1.29, 1.82) is 0 Å². The van der Waals surface area contributed by atoms with Crippen molar-refractivity contribution in [2.75, 3.05) is 11.9 Å². The fourth-order valence-electron chi connectivity index (χ4n) is 1.87. The van der Waals surface area contributed by atoms with Gasteiger partial charge >= 0.3 is 0 Å². The average Bonchev–Trinajstić information content (AvgIpc) is 2.29. The van der Waals surface area contributed by atoms with Crippen molar-refractivity contribution in [2.45, 2.75) is 31.9 Å². The minimum absolute atomic E-state index is 0.267. The van der Waals surface area contributed by atoms with Gasteiger partial charge in [0, 0.05) is 12.6 Å². The van der Waals surface area contributed by atoms with Gasteiger partial charge in [-0.15, -0.1) is 0 Å². The highest BCUT2D eigenvalue weighted by molar-refractivity contribution is 7.80. The lowest BCUT2D eigenvalue weighted by Crippen LogP contribution is -2.32. The Morgan fingerprint density at radius 3 is 2.94 bits per heavy atom. The first kappa shape index (κ1) is 12.2. The van der Waals surface area contributed by atoms with Crippen LogP contribution in [0.25, 0.3) is 0 Å². The zero-order valence-electron chi connectivity index (χ0n) is 9.72. The molecule has 1 saturated heterocycles. The molecule has 92 valence electrons. The summed E-state index contributed by atoms with van der Waals surface area (Å²) in [5.41, 5.74) is 6.01. The third-order valence-corrected chi connectivity index (χ3v) is 2.95. The van der Waals surface area contributed by atoms with Gasteiger partial charge < -0.3 is 15.8 Å². The number of ether oxygens (including phenoxy) is 1. The lowest BCUT2D eigenvalue weighted by Gasteiger charge is -2.28. The van der Waals surface area contributed by atoms with Gasteiger partial charge in [-0.05, 0) is 19.8 Å². The van der Waals surface area contributed by atoms with Crippen molar-refractivity contribution in [3.8, 4) is 0 Å². The second kappa shape index (κ2) is 5.37. The molecule has 0 radical (unpaired) electrons. The molecule has 5 nitrogen and oxygen atoms in total. The number of anilines is 1. The maximum absolute atomic E-state index is 5.49. The second-order valence-electron chi connectivity index (χ2n) is 4.20. The number of nitrogens with two attached hydrogens (primary N) is 1. The van der Waals surface area contributed by atoms with E-state index in [1.165, 1.54) is 0 Å². The minimum atomic E-state index is 0.267. The number of hydrogen-bond acceptors (Lipinski definition) is 5. The largest absolute Gasteiger partial charge is 0.388 e. The van der Waals surface area contributed by atoms with Crippen molar-refractivity contribution in [1.82, 2.24) is 9.97 Å². The van der Waals surface area contributed by atoms with E-state index in [0.717, 1.165) is 25.3 Å². The molecular weight excluding hydrogens is 236 g/mol. The van der Waals surface area contributed by atoms with Gasteiger partial charge in [0.1, 0.15) is 16.5 Å². The Morgan fingerprint density at radius 2 is 2.35 bits per heavy atom. The first-order chi connectivity index (χ1) is 8.15. The van der Waals surface area contributed by atoms with E-state index < -0.39 is 0 Å². The fraction of sp³-hybridized carbons (Fsp3) is 0.545. The summed E-state index contributed by atoms with van der Waals surface area (Å²) in [4.78, 5) is 8.64. The zero-order valence-corrected chi connectivity index (χ0v) is 10.5. The summed E-state index contributed by atoms with van der Waals surface area (Å²) in [6.07, 6.45) is 5.52. The summed E-state index contributed by atoms with van der Waals surface area (Å²) in [5, 5.41) is 3.34. The predicted molar refractivity (Wildman–Crippen MR) is 70.0 cm³/mol. The lowest BCUT2D eigenvalue weighted by atomic mass is 10.0. The first-order valence-electron chi connectivity index (χ1n) is 5.65. The van der Waals surface area contributed by atoms with Gasteiger partial charge in [0.15, 0.2) is 0 Å². The Kier molecular flexibility index (Phi) is 3.86. The molecule has 17 heavy (non-hydrogen) atoms. The highest BCUT2D eigenvalue weighted by Gasteiger charge is 2.19. The number of hydrogen-bond donors (Lipinski definition) is 2. The molecule has 0 aliphatic carbocycles. The van der Waals surface area contributed by atoms with Gasteiger partial charge in [0.25, 0.3) is 0 Å². The van der Waals surface area contributed by atoms with Crippen LogP contribution >= 0.6 is 12.2 Å². The molecule has 1 aromatic heterocycles. The SMILES string of the molecule is CC1CC(Nc2cnc(C(N)=S)cn2)CCO1. The topological polar surface area (TPSA) is 73.1 Å². The van der Waals surface area contributed by atoms with E-state index in [1.54, 1.807) is 12.4 Å². The normalized spacial score (nSPS) is 24.3. The van der Waals surface area contributed by atoms with Gasteiger partial charge in [0.2, 0.25) is 0 Å². The number of thiocarbonyl (C=S) groups is 1. The van der Waals surface area contributed by atoms with E-state index >= 15 is 0 Å². The van der Waals surface area contributed by atoms with E-state index in [2.05, 4.69) is 22.2 Å². The molecule has 0 saturated carbocycles. The summed E-state index contributed by atoms with van der Waals surface area (Å²) >= 11 is 4.82. The molecule has 0 spiro atoms. The molecule has 2 unspecified atom stereocenters. The Hall–Kier alpha value is -1.27. The van der Waals surface area contributed by atoms with Gasteiger partial charge in [-0.25, -0.2) is 9.97 Å². The van der Waals surface area contributed by atoms with Crippen LogP contribution in [0.3, 0.4) is 0 Å². The molecular formula is C11H16N4OS. The molecule has 6 heteroatoms. The molecule has 0 amide bonds. The number of aromatic nitrogens is 2. The molecule has 1 aliphatic heterocycles. The van der Waals surface area contributed by atoms with Gasteiger partial charge in [-0.3, -0.25) is 0 Å². The standard InChI is InChI=1S/C11H16N4OS/c1-7-4-8(2-3-16-7)15-10-6-13-9(5-14-10)11(12)17/h5-8H,2-4H2,1H3,(H2,12,17)(H,14,15). The van der Waals surface area contributed by atoms with Crippen LogP contribution in [0.15, 0.2) is 12.4 Å². The molecule has 0 aromatic carbocycles. The molecule has 3 N–H and O–H groups in total.